The topological polar surface area (TPSA) is 115 Å². The number of anilines is 3. The van der Waals surface area contributed by atoms with Crippen LogP contribution in [0.4, 0.5) is 17.1 Å². The number of carbonyl (C=O) groups is 3. The van der Waals surface area contributed by atoms with Gasteiger partial charge in [-0.15, -0.1) is 0 Å². The number of carboxylic acids is 1. The summed E-state index contributed by atoms with van der Waals surface area (Å²) in [6.07, 6.45) is 8.03. The third-order valence-corrected chi connectivity index (χ3v) is 8.87. The molecule has 1 aromatic heterocycles. The van der Waals surface area contributed by atoms with Crippen molar-refractivity contribution < 1.29 is 19.5 Å². The van der Waals surface area contributed by atoms with Crippen molar-refractivity contribution in [1.29, 1.82) is 0 Å². The number of likely N-dealkylation sites (N-methyl/N-ethyl adjacent to an activating group) is 1. The number of hydrogen-bond donors (Lipinski definition) is 3. The van der Waals surface area contributed by atoms with Crippen molar-refractivity contribution in [3.05, 3.63) is 107 Å². The summed E-state index contributed by atoms with van der Waals surface area (Å²) in [5, 5.41) is 15.5. The molecular weight excluding hydrogens is 578 g/mol. The van der Waals surface area contributed by atoms with E-state index in [1.165, 1.54) is 17.5 Å². The number of carbonyl (C=O) groups excluding carboxylic acids is 2. The Bertz CT molecular complexity index is 1750. The van der Waals surface area contributed by atoms with Gasteiger partial charge in [0.15, 0.2) is 0 Å². The average Bonchev–Trinajstić information content (AvgIpc) is 3.09. The van der Waals surface area contributed by atoms with Crippen LogP contribution in [0.3, 0.4) is 0 Å². The van der Waals surface area contributed by atoms with Gasteiger partial charge in [0, 0.05) is 54.4 Å². The predicted octanol–water partition coefficient (Wildman–Crippen LogP) is 6.32. The molecule has 2 amide bonds. The van der Waals surface area contributed by atoms with Crippen LogP contribution in [0.1, 0.15) is 70.0 Å². The van der Waals surface area contributed by atoms with E-state index >= 15 is 0 Å². The van der Waals surface area contributed by atoms with Crippen LogP contribution in [0.25, 0.3) is 11.3 Å². The summed E-state index contributed by atoms with van der Waals surface area (Å²) in [6, 6.07) is 24.6. The third-order valence-electron chi connectivity index (χ3n) is 8.87. The van der Waals surface area contributed by atoms with Crippen molar-refractivity contribution >= 4 is 34.8 Å². The lowest BCUT2D eigenvalue weighted by atomic mass is 9.87. The Balaban J connectivity index is 1.29. The Hall–Kier alpha value is -5.18. The average molecular weight is 618 g/mol. The van der Waals surface area contributed by atoms with E-state index in [1.807, 2.05) is 30.3 Å². The first kappa shape index (κ1) is 30.8. The standard InChI is InChI=1S/C37H39N5O4/c1-41(24-35(43)44)28-12-7-11-26(21-28)36(45)40-33-16-15-29(42-19-5-2-6-20-42)23-31(33)34-22-27(17-18-38-34)37(46)39-32-14-8-10-25-9-3-4-13-30(25)32/h3-4,7,9,11-13,15-18,21-23,32H,2,5-6,8,10,14,19-20,24H2,1H3,(H,39,46)(H,40,45)(H,43,44)/t32-/m0/s1. The van der Waals surface area contributed by atoms with Gasteiger partial charge in [0.05, 0.1) is 17.4 Å². The molecule has 0 saturated carbocycles. The zero-order chi connectivity index (χ0) is 32.0. The number of carboxylic acid groups (broad SMARTS) is 1. The molecule has 9 nitrogen and oxygen atoms in total. The van der Waals surface area contributed by atoms with Gasteiger partial charge in [0.2, 0.25) is 0 Å². The molecule has 0 radical (unpaired) electrons. The van der Waals surface area contributed by atoms with Gasteiger partial charge in [0.1, 0.15) is 6.54 Å². The van der Waals surface area contributed by atoms with E-state index in [-0.39, 0.29) is 24.4 Å². The van der Waals surface area contributed by atoms with Crippen molar-refractivity contribution in [3.63, 3.8) is 0 Å². The van der Waals surface area contributed by atoms with Crippen LogP contribution in [0.15, 0.2) is 85.1 Å². The maximum Gasteiger partial charge on any atom is 0.323 e. The van der Waals surface area contributed by atoms with Gasteiger partial charge in [-0.25, -0.2) is 0 Å². The van der Waals surface area contributed by atoms with Crippen LogP contribution in [0.2, 0.25) is 0 Å². The van der Waals surface area contributed by atoms with Crippen LogP contribution in [-0.4, -0.2) is 54.6 Å². The quantitative estimate of drug-likeness (QED) is 0.201. The molecule has 1 atom stereocenters. The van der Waals surface area contributed by atoms with Gasteiger partial charge in [0.25, 0.3) is 11.8 Å². The highest BCUT2D eigenvalue weighted by atomic mass is 16.4. The second-order valence-corrected chi connectivity index (χ2v) is 12.1. The highest BCUT2D eigenvalue weighted by molar-refractivity contribution is 6.07. The highest BCUT2D eigenvalue weighted by Crippen LogP contribution is 2.34. The first-order valence-corrected chi connectivity index (χ1v) is 15.9. The monoisotopic (exact) mass is 617 g/mol. The Labute approximate surface area is 269 Å². The lowest BCUT2D eigenvalue weighted by Gasteiger charge is -2.29. The first-order chi connectivity index (χ1) is 22.4. The number of aryl methyl sites for hydroxylation is 1. The number of pyridine rings is 1. The second-order valence-electron chi connectivity index (χ2n) is 12.1. The van der Waals surface area contributed by atoms with Crippen molar-refractivity contribution in [2.75, 3.05) is 41.8 Å². The molecule has 0 spiro atoms. The molecule has 9 heteroatoms. The van der Waals surface area contributed by atoms with E-state index in [1.54, 1.807) is 54.5 Å². The lowest BCUT2D eigenvalue weighted by molar-refractivity contribution is -0.135. The van der Waals surface area contributed by atoms with Crippen LogP contribution >= 0.6 is 0 Å². The Morgan fingerprint density at radius 1 is 0.891 bits per heavy atom. The van der Waals surface area contributed by atoms with Crippen molar-refractivity contribution in [2.24, 2.45) is 0 Å². The number of aromatic nitrogens is 1. The van der Waals surface area contributed by atoms with Crippen molar-refractivity contribution in [2.45, 2.75) is 44.6 Å². The molecule has 1 aliphatic heterocycles. The summed E-state index contributed by atoms with van der Waals surface area (Å²) in [5.41, 5.74) is 6.89. The number of aliphatic carboxylic acids is 1. The maximum absolute atomic E-state index is 13.6. The van der Waals surface area contributed by atoms with Crippen LogP contribution in [-0.2, 0) is 11.2 Å². The molecule has 236 valence electrons. The molecule has 0 bridgehead atoms. The summed E-state index contributed by atoms with van der Waals surface area (Å²) < 4.78 is 0. The normalized spacial score (nSPS) is 15.8. The number of piperidine rings is 1. The summed E-state index contributed by atoms with van der Waals surface area (Å²) in [5.74, 6) is -1.45. The number of benzene rings is 3. The SMILES string of the molecule is CN(CC(=O)O)c1cccc(C(=O)Nc2ccc(N3CCCCC3)cc2-c2cc(C(=O)N[C@H]3CCCc4ccccc43)ccn2)c1. The van der Waals surface area contributed by atoms with Gasteiger partial charge in [-0.1, -0.05) is 30.3 Å². The van der Waals surface area contributed by atoms with E-state index in [0.717, 1.165) is 50.9 Å². The molecule has 1 aliphatic carbocycles. The highest BCUT2D eigenvalue weighted by Gasteiger charge is 2.23. The Morgan fingerprint density at radius 2 is 1.70 bits per heavy atom. The fourth-order valence-electron chi connectivity index (χ4n) is 6.44. The fraction of sp³-hybridized carbons (Fsp3) is 0.297. The number of nitrogens with zero attached hydrogens (tertiary/aromatic N) is 3. The minimum Gasteiger partial charge on any atom is -0.480 e. The number of fused-ring (bicyclic) bond motifs is 1. The molecular formula is C37H39N5O4. The molecule has 6 rings (SSSR count). The molecule has 1 fully saturated rings. The van der Waals surface area contributed by atoms with E-state index in [2.05, 4.69) is 32.7 Å². The van der Waals surface area contributed by atoms with Crippen LogP contribution in [0.5, 0.6) is 0 Å². The van der Waals surface area contributed by atoms with E-state index in [0.29, 0.717) is 33.8 Å². The zero-order valence-corrected chi connectivity index (χ0v) is 26.0. The van der Waals surface area contributed by atoms with Gasteiger partial charge < -0.3 is 25.5 Å². The molecule has 2 heterocycles. The largest absolute Gasteiger partial charge is 0.480 e. The Kier molecular flexibility index (Phi) is 9.28. The number of nitrogens with one attached hydrogen (secondary N) is 2. The van der Waals surface area contributed by atoms with Crippen molar-refractivity contribution in [1.82, 2.24) is 10.3 Å². The molecule has 4 aromatic rings. The van der Waals surface area contributed by atoms with E-state index < -0.39 is 5.97 Å². The minimum atomic E-state index is -0.956. The summed E-state index contributed by atoms with van der Waals surface area (Å²) >= 11 is 0. The number of hydrogen-bond acceptors (Lipinski definition) is 6. The molecule has 1 saturated heterocycles. The van der Waals surface area contributed by atoms with E-state index in [4.69, 9.17) is 0 Å². The molecule has 3 aromatic carbocycles. The maximum atomic E-state index is 13.6. The molecule has 46 heavy (non-hydrogen) atoms. The Morgan fingerprint density at radius 3 is 2.52 bits per heavy atom. The molecule has 3 N–H and O–H groups in total. The number of amides is 2. The van der Waals surface area contributed by atoms with Crippen LogP contribution < -0.4 is 20.4 Å². The molecule has 0 unspecified atom stereocenters. The predicted molar refractivity (Wildman–Crippen MR) is 181 cm³/mol. The van der Waals surface area contributed by atoms with E-state index in [9.17, 15) is 19.5 Å². The van der Waals surface area contributed by atoms with Gasteiger partial charge in [-0.05, 0) is 98.2 Å². The first-order valence-electron chi connectivity index (χ1n) is 15.9. The lowest BCUT2D eigenvalue weighted by Crippen LogP contribution is -2.31. The smallest absolute Gasteiger partial charge is 0.323 e. The van der Waals surface area contributed by atoms with Gasteiger partial charge >= 0.3 is 5.97 Å². The molecule has 2 aliphatic rings. The van der Waals surface area contributed by atoms with Crippen LogP contribution in [0, 0.1) is 0 Å². The minimum absolute atomic E-state index is 0.0448. The summed E-state index contributed by atoms with van der Waals surface area (Å²) in [6.45, 7) is 1.73. The summed E-state index contributed by atoms with van der Waals surface area (Å²) in [4.78, 5) is 46.9. The number of rotatable bonds is 9. The zero-order valence-electron chi connectivity index (χ0n) is 26.0. The van der Waals surface area contributed by atoms with Crippen molar-refractivity contribution in [3.8, 4) is 11.3 Å². The van der Waals surface area contributed by atoms with Gasteiger partial charge in [-0.2, -0.15) is 0 Å². The fourth-order valence-corrected chi connectivity index (χ4v) is 6.44. The summed E-state index contributed by atoms with van der Waals surface area (Å²) in [7, 11) is 1.67. The van der Waals surface area contributed by atoms with Gasteiger partial charge in [-0.3, -0.25) is 19.4 Å². The second kappa shape index (κ2) is 13.9. The third kappa shape index (κ3) is 7.04.